The number of benzene rings is 2. The highest BCUT2D eigenvalue weighted by molar-refractivity contribution is 6.38. The largest absolute Gasteiger partial charge is 0.379 e. The van der Waals surface area contributed by atoms with Crippen molar-refractivity contribution < 1.29 is 14.0 Å². The Balaban J connectivity index is 1.48. The third-order valence-corrected chi connectivity index (χ3v) is 6.31. The van der Waals surface area contributed by atoms with Crippen molar-refractivity contribution in [3.63, 3.8) is 0 Å². The van der Waals surface area contributed by atoms with Crippen LogP contribution in [0.15, 0.2) is 84.2 Å². The molecule has 170 valence electrons. The van der Waals surface area contributed by atoms with Gasteiger partial charge in [0.1, 0.15) is 5.82 Å². The fourth-order valence-corrected chi connectivity index (χ4v) is 4.51. The highest BCUT2D eigenvalue weighted by atomic mass is 35.5. The van der Waals surface area contributed by atoms with Crippen LogP contribution >= 0.6 is 11.6 Å². The molecule has 0 bridgehead atoms. The summed E-state index contributed by atoms with van der Waals surface area (Å²) in [4.78, 5) is 26.4. The van der Waals surface area contributed by atoms with Crippen molar-refractivity contribution >= 4 is 34.7 Å². The maximum Gasteiger partial charge on any atom is 0.256 e. The Bertz CT molecular complexity index is 1430. The maximum atomic E-state index is 13.8. The maximum absolute atomic E-state index is 13.8. The van der Waals surface area contributed by atoms with E-state index in [0.717, 1.165) is 17.0 Å². The number of hydrogen-bond donors (Lipinski definition) is 2. The van der Waals surface area contributed by atoms with Crippen molar-refractivity contribution in [1.29, 1.82) is 0 Å². The van der Waals surface area contributed by atoms with Crippen LogP contribution in [-0.2, 0) is 6.54 Å². The lowest BCUT2D eigenvalue weighted by Gasteiger charge is -2.18. The van der Waals surface area contributed by atoms with Crippen molar-refractivity contribution in [3.8, 4) is 0 Å². The van der Waals surface area contributed by atoms with Crippen LogP contribution in [-0.4, -0.2) is 16.3 Å². The summed E-state index contributed by atoms with van der Waals surface area (Å²) in [6.07, 6.45) is 8.45. The van der Waals surface area contributed by atoms with Gasteiger partial charge in [-0.05, 0) is 67.4 Å². The van der Waals surface area contributed by atoms with Gasteiger partial charge in [0.2, 0.25) is 5.78 Å². The molecule has 1 aliphatic heterocycles. The molecule has 7 heteroatoms. The Morgan fingerprint density at radius 3 is 2.79 bits per heavy atom. The van der Waals surface area contributed by atoms with Gasteiger partial charge in [-0.1, -0.05) is 29.8 Å². The lowest BCUT2D eigenvalue weighted by Crippen LogP contribution is -2.16. The minimum Gasteiger partial charge on any atom is -0.379 e. The van der Waals surface area contributed by atoms with E-state index in [1.165, 1.54) is 18.2 Å². The second kappa shape index (κ2) is 8.80. The second-order valence-corrected chi connectivity index (χ2v) is 8.61. The number of aromatic nitrogens is 1. The van der Waals surface area contributed by atoms with E-state index in [1.54, 1.807) is 25.1 Å². The highest BCUT2D eigenvalue weighted by Crippen LogP contribution is 2.33. The Labute approximate surface area is 201 Å². The van der Waals surface area contributed by atoms with E-state index < -0.39 is 11.7 Å². The summed E-state index contributed by atoms with van der Waals surface area (Å²) in [5, 5.41) is 6.35. The van der Waals surface area contributed by atoms with Crippen molar-refractivity contribution in [3.05, 3.63) is 117 Å². The van der Waals surface area contributed by atoms with Gasteiger partial charge in [0.15, 0.2) is 0 Å². The smallest absolute Gasteiger partial charge is 0.256 e. The average molecular weight is 474 g/mol. The van der Waals surface area contributed by atoms with Crippen LogP contribution in [0.4, 0.5) is 10.1 Å². The molecule has 5 rings (SSSR count). The summed E-state index contributed by atoms with van der Waals surface area (Å²) < 4.78 is 15.5. The molecule has 1 amide bonds. The first-order valence-corrected chi connectivity index (χ1v) is 11.2. The number of nitrogens with zero attached hydrogens (tertiary/aromatic N) is 1. The van der Waals surface area contributed by atoms with Gasteiger partial charge in [0, 0.05) is 40.0 Å². The first-order chi connectivity index (χ1) is 16.4. The van der Waals surface area contributed by atoms with Gasteiger partial charge in [-0.15, -0.1) is 0 Å². The zero-order valence-corrected chi connectivity index (χ0v) is 19.1. The van der Waals surface area contributed by atoms with E-state index >= 15 is 0 Å². The number of halogens is 2. The molecule has 2 aliphatic rings. The van der Waals surface area contributed by atoms with Crippen molar-refractivity contribution in [2.75, 3.05) is 5.32 Å². The molecule has 0 fully saturated rings. The lowest BCUT2D eigenvalue weighted by atomic mass is 9.96. The topological polar surface area (TPSA) is 63.1 Å². The zero-order valence-electron chi connectivity index (χ0n) is 18.4. The normalized spacial score (nSPS) is 14.5. The molecular formula is C27H21ClFN3O2. The molecule has 1 aliphatic carbocycles. The number of fused-ring (bicyclic) bond motifs is 2. The van der Waals surface area contributed by atoms with Crippen LogP contribution in [0.25, 0.3) is 5.70 Å². The van der Waals surface area contributed by atoms with Gasteiger partial charge < -0.3 is 15.2 Å². The number of carbonyl (C=O) groups is 2. The number of nitrogens with one attached hydrogen (secondary N) is 2. The molecule has 0 radical (unpaired) electrons. The number of anilines is 1. The lowest BCUT2D eigenvalue weighted by molar-refractivity contribution is 0.102. The van der Waals surface area contributed by atoms with E-state index in [1.807, 2.05) is 41.1 Å². The second-order valence-electron chi connectivity index (χ2n) is 8.20. The minimum atomic E-state index is -0.488. The Kier molecular flexibility index (Phi) is 5.67. The molecule has 2 aromatic carbocycles. The van der Waals surface area contributed by atoms with E-state index in [9.17, 15) is 14.0 Å². The third-order valence-electron chi connectivity index (χ3n) is 6.00. The number of Topliss-reactive ketones (excluding diaryl/α,β-unsaturated/α-hetero) is 1. The van der Waals surface area contributed by atoms with E-state index in [-0.39, 0.29) is 16.4 Å². The number of allylic oxidation sites excluding steroid dienone is 5. The highest BCUT2D eigenvalue weighted by Gasteiger charge is 2.27. The Morgan fingerprint density at radius 1 is 1.12 bits per heavy atom. The number of hydrogen-bond acceptors (Lipinski definition) is 3. The molecule has 0 saturated carbocycles. The summed E-state index contributed by atoms with van der Waals surface area (Å²) in [5.74, 6) is -1.15. The first-order valence-electron chi connectivity index (χ1n) is 10.8. The van der Waals surface area contributed by atoms with Crippen LogP contribution in [0, 0.1) is 12.7 Å². The van der Waals surface area contributed by atoms with E-state index in [0.29, 0.717) is 35.5 Å². The Hall–Kier alpha value is -3.90. The molecule has 0 saturated heterocycles. The summed E-state index contributed by atoms with van der Waals surface area (Å²) in [6, 6.07) is 12.7. The first kappa shape index (κ1) is 21.9. The molecule has 0 unspecified atom stereocenters. The van der Waals surface area contributed by atoms with Crippen molar-refractivity contribution in [2.24, 2.45) is 0 Å². The molecule has 0 spiro atoms. The molecule has 34 heavy (non-hydrogen) atoms. The van der Waals surface area contributed by atoms with Gasteiger partial charge in [0.05, 0.1) is 17.3 Å². The van der Waals surface area contributed by atoms with Gasteiger partial charge in [-0.25, -0.2) is 4.39 Å². The van der Waals surface area contributed by atoms with Crippen LogP contribution in [0.3, 0.4) is 0 Å². The van der Waals surface area contributed by atoms with Crippen molar-refractivity contribution in [1.82, 2.24) is 9.88 Å². The molecular weight excluding hydrogens is 453 g/mol. The quantitative estimate of drug-likeness (QED) is 0.465. The summed E-state index contributed by atoms with van der Waals surface area (Å²) in [7, 11) is 0. The monoisotopic (exact) mass is 473 g/mol. The number of aryl methyl sites for hydroxylation is 1. The number of carbonyl (C=O) groups excluding carboxylic acids is 2. The third kappa shape index (κ3) is 3.97. The predicted octanol–water partition coefficient (Wildman–Crippen LogP) is 5.88. The van der Waals surface area contributed by atoms with E-state index in [2.05, 4.69) is 10.6 Å². The van der Waals surface area contributed by atoms with Gasteiger partial charge in [0.25, 0.3) is 5.91 Å². The zero-order chi connectivity index (χ0) is 23.8. The Morgan fingerprint density at radius 2 is 1.97 bits per heavy atom. The minimum absolute atomic E-state index is 0.207. The van der Waals surface area contributed by atoms with Crippen LogP contribution in [0.2, 0.25) is 5.02 Å². The molecule has 3 aromatic rings. The molecule has 2 heterocycles. The molecule has 2 N–H and O–H groups in total. The molecule has 5 nitrogen and oxygen atoms in total. The summed E-state index contributed by atoms with van der Waals surface area (Å²) >= 11 is 6.54. The van der Waals surface area contributed by atoms with Crippen molar-refractivity contribution in [2.45, 2.75) is 19.9 Å². The van der Waals surface area contributed by atoms with Crippen LogP contribution in [0.5, 0.6) is 0 Å². The average Bonchev–Trinajstić information content (AvgIpc) is 3.22. The van der Waals surface area contributed by atoms with Gasteiger partial charge >= 0.3 is 0 Å². The molecule has 1 aromatic heterocycles. The number of rotatable bonds is 4. The molecule has 0 atom stereocenters. The standard InChI is InChI=1S/C27H21ClFN3O2/c1-16-8-9-17(29)13-22(16)27(34)31-18-10-11-20(23(28)14-18)26(33)25-21-6-2-3-7-24(21)30-15-19-5-4-12-32(19)25/h2-5,7-14,30H,6,15H2,1H3,(H,31,34). The summed E-state index contributed by atoms with van der Waals surface area (Å²) in [6.45, 7) is 2.34. The SMILES string of the molecule is Cc1ccc(F)cc1C(=O)Nc1ccc(C(=O)C2=C3CC=CC=C3NCc3cccn32)c(Cl)c1. The predicted molar refractivity (Wildman–Crippen MR) is 131 cm³/mol. The fourth-order valence-electron chi connectivity index (χ4n) is 4.25. The van der Waals surface area contributed by atoms with Gasteiger partial charge in [-0.2, -0.15) is 0 Å². The fraction of sp³-hybridized carbons (Fsp3) is 0.111. The van der Waals surface area contributed by atoms with Gasteiger partial charge in [-0.3, -0.25) is 9.59 Å². The van der Waals surface area contributed by atoms with E-state index in [4.69, 9.17) is 11.6 Å². The summed E-state index contributed by atoms with van der Waals surface area (Å²) in [5.41, 5.74) is 4.97. The number of amides is 1. The van der Waals surface area contributed by atoms with Crippen LogP contribution in [0.1, 0.15) is 38.4 Å². The number of ketones is 1. The van der Waals surface area contributed by atoms with Crippen LogP contribution < -0.4 is 10.6 Å².